The molecular weight excluding hydrogens is 226 g/mol. The second-order valence-electron chi connectivity index (χ2n) is 6.13. The van der Waals surface area contributed by atoms with Crippen LogP contribution in [0, 0.1) is 5.92 Å². The van der Waals surface area contributed by atoms with Crippen LogP contribution in [0.25, 0.3) is 0 Å². The van der Waals surface area contributed by atoms with Crippen LogP contribution in [0.3, 0.4) is 0 Å². The molecule has 0 spiro atoms. The molecule has 2 rings (SSSR count). The molecular formula is C15H29NS. The summed E-state index contributed by atoms with van der Waals surface area (Å²) in [4.78, 5) is 0. The summed E-state index contributed by atoms with van der Waals surface area (Å²) in [6, 6.07) is 0.827. The molecule has 0 heterocycles. The third kappa shape index (κ3) is 3.64. The molecule has 2 aliphatic carbocycles. The maximum absolute atomic E-state index is 3.86. The fourth-order valence-electron chi connectivity index (χ4n) is 3.42. The van der Waals surface area contributed by atoms with Crippen molar-refractivity contribution in [3.8, 4) is 0 Å². The fourth-order valence-corrected chi connectivity index (χ4v) is 4.34. The van der Waals surface area contributed by atoms with Crippen molar-refractivity contribution in [3.05, 3.63) is 0 Å². The van der Waals surface area contributed by atoms with Gasteiger partial charge in [-0.25, -0.2) is 0 Å². The quantitative estimate of drug-likeness (QED) is 0.762. The summed E-state index contributed by atoms with van der Waals surface area (Å²) in [7, 11) is 0. The highest BCUT2D eigenvalue weighted by molar-refractivity contribution is 8.00. The Balaban J connectivity index is 1.64. The molecule has 0 aromatic rings. The van der Waals surface area contributed by atoms with E-state index in [2.05, 4.69) is 30.3 Å². The van der Waals surface area contributed by atoms with E-state index in [0.717, 1.165) is 12.0 Å². The molecule has 2 heteroatoms. The van der Waals surface area contributed by atoms with Crippen LogP contribution in [0.4, 0.5) is 0 Å². The lowest BCUT2D eigenvalue weighted by molar-refractivity contribution is 0.257. The number of nitrogens with one attached hydrogen (secondary N) is 1. The van der Waals surface area contributed by atoms with Crippen LogP contribution in [0.1, 0.15) is 64.7 Å². The summed E-state index contributed by atoms with van der Waals surface area (Å²) >= 11 is 2.09. The van der Waals surface area contributed by atoms with Crippen LogP contribution in [0.15, 0.2) is 0 Å². The molecule has 0 aliphatic heterocycles. The van der Waals surface area contributed by atoms with Gasteiger partial charge < -0.3 is 5.32 Å². The van der Waals surface area contributed by atoms with Crippen LogP contribution in [0.2, 0.25) is 0 Å². The van der Waals surface area contributed by atoms with Crippen LogP contribution in [-0.2, 0) is 0 Å². The van der Waals surface area contributed by atoms with Crippen LogP contribution < -0.4 is 5.32 Å². The minimum absolute atomic E-state index is 0.611. The summed E-state index contributed by atoms with van der Waals surface area (Å²) < 4.78 is 0.611. The molecule has 0 radical (unpaired) electrons. The topological polar surface area (TPSA) is 12.0 Å². The molecule has 0 aromatic carbocycles. The van der Waals surface area contributed by atoms with Gasteiger partial charge in [-0.1, -0.05) is 26.2 Å². The molecule has 2 saturated carbocycles. The molecule has 17 heavy (non-hydrogen) atoms. The summed E-state index contributed by atoms with van der Waals surface area (Å²) in [6.45, 7) is 3.58. The Morgan fingerprint density at radius 2 is 1.88 bits per heavy atom. The maximum atomic E-state index is 3.86. The molecule has 1 N–H and O–H groups in total. The van der Waals surface area contributed by atoms with Gasteiger partial charge in [0.05, 0.1) is 0 Å². The van der Waals surface area contributed by atoms with E-state index in [1.165, 1.54) is 64.3 Å². The molecule has 0 atom stereocenters. The molecule has 0 saturated heterocycles. The van der Waals surface area contributed by atoms with Gasteiger partial charge in [-0.15, -0.1) is 0 Å². The predicted octanol–water partition coefficient (Wildman–Crippen LogP) is 4.22. The lowest BCUT2D eigenvalue weighted by Gasteiger charge is -2.42. The first-order valence-corrected chi connectivity index (χ1v) is 8.79. The zero-order valence-electron chi connectivity index (χ0n) is 11.6. The largest absolute Gasteiger partial charge is 0.313 e. The smallest absolute Gasteiger partial charge is 0.0281 e. The van der Waals surface area contributed by atoms with Gasteiger partial charge >= 0.3 is 0 Å². The third-order valence-corrected chi connectivity index (χ3v) is 6.37. The van der Waals surface area contributed by atoms with Crippen molar-refractivity contribution in [1.82, 2.24) is 5.32 Å². The van der Waals surface area contributed by atoms with Crippen molar-refractivity contribution in [2.45, 2.75) is 75.5 Å². The first-order valence-electron chi connectivity index (χ1n) is 7.56. The van der Waals surface area contributed by atoms with Gasteiger partial charge in [0.15, 0.2) is 0 Å². The van der Waals surface area contributed by atoms with Crippen molar-refractivity contribution < 1.29 is 0 Å². The SMILES string of the molecule is CCCC1CCC(NCC2(SC)CCC2)CC1. The minimum Gasteiger partial charge on any atom is -0.313 e. The lowest BCUT2D eigenvalue weighted by atomic mass is 9.81. The molecule has 0 amide bonds. The van der Waals surface area contributed by atoms with Crippen molar-refractivity contribution in [1.29, 1.82) is 0 Å². The van der Waals surface area contributed by atoms with Gasteiger partial charge in [0.25, 0.3) is 0 Å². The zero-order valence-corrected chi connectivity index (χ0v) is 12.5. The molecule has 0 unspecified atom stereocenters. The first-order chi connectivity index (χ1) is 8.28. The third-order valence-electron chi connectivity index (χ3n) is 4.95. The Morgan fingerprint density at radius 3 is 2.35 bits per heavy atom. The molecule has 1 nitrogen and oxygen atoms in total. The summed E-state index contributed by atoms with van der Waals surface area (Å²) in [5, 5.41) is 3.86. The van der Waals surface area contributed by atoms with E-state index >= 15 is 0 Å². The van der Waals surface area contributed by atoms with Gasteiger partial charge in [-0.05, 0) is 50.7 Å². The van der Waals surface area contributed by atoms with Crippen molar-refractivity contribution >= 4 is 11.8 Å². The monoisotopic (exact) mass is 255 g/mol. The molecule has 2 fully saturated rings. The highest BCUT2D eigenvalue weighted by Crippen LogP contribution is 2.42. The Kier molecular flexibility index (Phi) is 5.23. The maximum Gasteiger partial charge on any atom is 0.0281 e. The average Bonchev–Trinajstić information content (AvgIpc) is 2.31. The average molecular weight is 255 g/mol. The Hall–Kier alpha value is 0.310. The van der Waals surface area contributed by atoms with Crippen molar-refractivity contribution in [2.24, 2.45) is 5.92 Å². The summed E-state index contributed by atoms with van der Waals surface area (Å²) in [5.41, 5.74) is 0. The van der Waals surface area contributed by atoms with Crippen LogP contribution in [0.5, 0.6) is 0 Å². The van der Waals surface area contributed by atoms with Gasteiger partial charge in [0.2, 0.25) is 0 Å². The van der Waals surface area contributed by atoms with Crippen LogP contribution in [-0.4, -0.2) is 23.6 Å². The van der Waals surface area contributed by atoms with Gasteiger partial charge in [-0.2, -0.15) is 11.8 Å². The highest BCUT2D eigenvalue weighted by atomic mass is 32.2. The Labute approximate surface area is 112 Å². The van der Waals surface area contributed by atoms with E-state index in [4.69, 9.17) is 0 Å². The van der Waals surface area contributed by atoms with E-state index in [0.29, 0.717) is 4.75 Å². The number of hydrogen-bond donors (Lipinski definition) is 1. The van der Waals surface area contributed by atoms with Crippen molar-refractivity contribution in [3.63, 3.8) is 0 Å². The van der Waals surface area contributed by atoms with E-state index in [1.54, 1.807) is 0 Å². The molecule has 0 bridgehead atoms. The van der Waals surface area contributed by atoms with Gasteiger partial charge in [-0.3, -0.25) is 0 Å². The van der Waals surface area contributed by atoms with Crippen LogP contribution >= 0.6 is 11.8 Å². The standard InChI is InChI=1S/C15H29NS/c1-3-5-13-6-8-14(9-7-13)16-12-15(17-2)10-4-11-15/h13-14,16H,3-12H2,1-2H3. The number of rotatable bonds is 6. The van der Waals surface area contributed by atoms with Gasteiger partial charge in [0, 0.05) is 17.3 Å². The minimum atomic E-state index is 0.611. The first kappa shape index (κ1) is 13.7. The van der Waals surface area contributed by atoms with E-state index in [1.807, 2.05) is 0 Å². The normalized spacial score (nSPS) is 32.1. The fraction of sp³-hybridized carbons (Fsp3) is 1.00. The molecule has 0 aromatic heterocycles. The number of thioether (sulfide) groups is 1. The number of hydrogen-bond acceptors (Lipinski definition) is 2. The summed E-state index contributed by atoms with van der Waals surface area (Å²) in [6.07, 6.45) is 15.2. The van der Waals surface area contributed by atoms with E-state index in [9.17, 15) is 0 Å². The Bertz CT molecular complexity index is 211. The highest BCUT2D eigenvalue weighted by Gasteiger charge is 2.36. The predicted molar refractivity (Wildman–Crippen MR) is 78.8 cm³/mol. The van der Waals surface area contributed by atoms with Crippen molar-refractivity contribution in [2.75, 3.05) is 12.8 Å². The Morgan fingerprint density at radius 1 is 1.18 bits per heavy atom. The van der Waals surface area contributed by atoms with E-state index in [-0.39, 0.29) is 0 Å². The molecule has 2 aliphatic rings. The van der Waals surface area contributed by atoms with E-state index < -0.39 is 0 Å². The summed E-state index contributed by atoms with van der Waals surface area (Å²) in [5.74, 6) is 1.04. The lowest BCUT2D eigenvalue weighted by Crippen LogP contribution is -2.47. The zero-order chi connectivity index (χ0) is 12.1. The van der Waals surface area contributed by atoms with Gasteiger partial charge in [0.1, 0.15) is 0 Å². The second kappa shape index (κ2) is 6.47. The molecule has 100 valence electrons. The second-order valence-corrected chi connectivity index (χ2v) is 7.40.